The summed E-state index contributed by atoms with van der Waals surface area (Å²) < 4.78 is 26.4. The Bertz CT molecular complexity index is 583. The van der Waals surface area contributed by atoms with E-state index in [1.165, 1.54) is 12.8 Å². The van der Waals surface area contributed by atoms with E-state index < -0.39 is 24.9 Å². The third-order valence-electron chi connectivity index (χ3n) is 4.63. The van der Waals surface area contributed by atoms with Crippen molar-refractivity contribution in [1.29, 1.82) is 0 Å². The highest BCUT2D eigenvalue weighted by molar-refractivity contribution is 5.85. The third-order valence-corrected chi connectivity index (χ3v) is 4.63. The smallest absolute Gasteiger partial charge is 0.262 e. The first-order chi connectivity index (χ1) is 10.9. The van der Waals surface area contributed by atoms with Crippen molar-refractivity contribution in [2.45, 2.75) is 44.2 Å². The van der Waals surface area contributed by atoms with E-state index in [1.807, 2.05) is 19.1 Å². The molecule has 25 heavy (non-hydrogen) atoms. The molecule has 2 atom stereocenters. The molecular weight excluding hydrogens is 371 g/mol. The maximum absolute atomic E-state index is 13.2. The summed E-state index contributed by atoms with van der Waals surface area (Å²) >= 11 is 0. The predicted molar refractivity (Wildman–Crippen MR) is 100 cm³/mol. The molecule has 2 N–H and O–H groups in total. The van der Waals surface area contributed by atoms with Crippen LogP contribution in [0.1, 0.15) is 37.8 Å². The van der Waals surface area contributed by atoms with Gasteiger partial charge in [-0.2, -0.15) is 0 Å². The Kier molecular flexibility index (Phi) is 7.90. The van der Waals surface area contributed by atoms with Gasteiger partial charge in [0.15, 0.2) is 0 Å². The van der Waals surface area contributed by atoms with E-state index >= 15 is 0 Å². The molecule has 1 aromatic carbocycles. The van der Waals surface area contributed by atoms with E-state index in [-0.39, 0.29) is 36.8 Å². The minimum Gasteiger partial charge on any atom is -0.372 e. The van der Waals surface area contributed by atoms with Crippen molar-refractivity contribution in [3.05, 3.63) is 29.8 Å². The number of alkyl halides is 2. The Balaban J connectivity index is 0.00000156. The highest BCUT2D eigenvalue weighted by atomic mass is 35.5. The maximum atomic E-state index is 13.2. The van der Waals surface area contributed by atoms with E-state index in [0.29, 0.717) is 0 Å². The summed E-state index contributed by atoms with van der Waals surface area (Å²) in [5.41, 5.74) is 2.15. The van der Waals surface area contributed by atoms with E-state index in [2.05, 4.69) is 27.7 Å². The second-order valence-corrected chi connectivity index (χ2v) is 6.51. The zero-order valence-corrected chi connectivity index (χ0v) is 15.8. The number of amides is 1. The zero-order valence-electron chi connectivity index (χ0n) is 14.1. The van der Waals surface area contributed by atoms with E-state index in [4.69, 9.17) is 0 Å². The van der Waals surface area contributed by atoms with Gasteiger partial charge in [0.2, 0.25) is 5.91 Å². The predicted octanol–water partition coefficient (Wildman–Crippen LogP) is 3.30. The van der Waals surface area contributed by atoms with Crippen molar-refractivity contribution < 1.29 is 13.6 Å². The van der Waals surface area contributed by atoms with Crippen molar-refractivity contribution in [2.75, 3.05) is 24.5 Å². The number of anilines is 1. The van der Waals surface area contributed by atoms with Gasteiger partial charge < -0.3 is 10.2 Å². The molecule has 2 saturated heterocycles. The number of hydrogen-bond acceptors (Lipinski definition) is 3. The zero-order chi connectivity index (χ0) is 16.4. The number of hydrogen-bond donors (Lipinski definition) is 2. The summed E-state index contributed by atoms with van der Waals surface area (Å²) in [5.74, 6) is -3.15. The summed E-state index contributed by atoms with van der Waals surface area (Å²) in [6.45, 7) is 3.58. The van der Waals surface area contributed by atoms with Crippen molar-refractivity contribution in [1.82, 2.24) is 10.6 Å². The van der Waals surface area contributed by atoms with Gasteiger partial charge in [0.1, 0.15) is 0 Å². The van der Waals surface area contributed by atoms with Crippen LogP contribution in [0.15, 0.2) is 24.3 Å². The molecule has 2 aliphatic rings. The van der Waals surface area contributed by atoms with Crippen LogP contribution in [0.5, 0.6) is 0 Å². The van der Waals surface area contributed by atoms with Crippen LogP contribution in [0, 0.1) is 0 Å². The highest BCUT2D eigenvalue weighted by Crippen LogP contribution is 2.27. The highest BCUT2D eigenvalue weighted by Gasteiger charge is 2.42. The molecule has 0 aromatic heterocycles. The Morgan fingerprint density at radius 1 is 1.32 bits per heavy atom. The van der Waals surface area contributed by atoms with Gasteiger partial charge in [-0.3, -0.25) is 10.1 Å². The minimum atomic E-state index is -2.79. The van der Waals surface area contributed by atoms with Crippen molar-refractivity contribution in [3.63, 3.8) is 0 Å². The molecule has 0 radical (unpaired) electrons. The lowest BCUT2D eigenvalue weighted by Crippen LogP contribution is -2.41. The van der Waals surface area contributed by atoms with Gasteiger partial charge in [-0.1, -0.05) is 12.1 Å². The molecule has 4 nitrogen and oxygen atoms in total. The van der Waals surface area contributed by atoms with Gasteiger partial charge in [-0.05, 0) is 37.5 Å². The fraction of sp³-hybridized carbons (Fsp3) is 0.588. The molecule has 142 valence electrons. The molecule has 1 aromatic rings. The Morgan fingerprint density at radius 2 is 2.00 bits per heavy atom. The molecule has 0 aliphatic carbocycles. The molecule has 2 fully saturated rings. The lowest BCUT2D eigenvalue weighted by atomic mass is 10.1. The number of carbonyl (C=O) groups is 1. The van der Waals surface area contributed by atoms with Crippen LogP contribution in [-0.4, -0.2) is 37.5 Å². The van der Waals surface area contributed by atoms with E-state index in [1.54, 1.807) is 0 Å². The van der Waals surface area contributed by atoms with Gasteiger partial charge >= 0.3 is 0 Å². The first-order valence-corrected chi connectivity index (χ1v) is 8.21. The number of benzene rings is 1. The molecule has 0 saturated carbocycles. The monoisotopic (exact) mass is 395 g/mol. The minimum absolute atomic E-state index is 0. The van der Waals surface area contributed by atoms with Crippen LogP contribution in [0.3, 0.4) is 0 Å². The third kappa shape index (κ3) is 5.43. The second kappa shape index (κ2) is 9.01. The van der Waals surface area contributed by atoms with Crippen LogP contribution >= 0.6 is 24.8 Å². The quantitative estimate of drug-likeness (QED) is 0.821. The van der Waals surface area contributed by atoms with Crippen LogP contribution in [0.25, 0.3) is 0 Å². The van der Waals surface area contributed by atoms with Crippen LogP contribution in [0.4, 0.5) is 14.5 Å². The first kappa shape index (κ1) is 21.9. The van der Waals surface area contributed by atoms with Crippen LogP contribution in [-0.2, 0) is 4.79 Å². The molecule has 0 spiro atoms. The first-order valence-electron chi connectivity index (χ1n) is 8.21. The van der Waals surface area contributed by atoms with E-state index in [9.17, 15) is 13.6 Å². The molecule has 0 bridgehead atoms. The molecule has 2 unspecified atom stereocenters. The second-order valence-electron chi connectivity index (χ2n) is 6.51. The fourth-order valence-corrected chi connectivity index (χ4v) is 3.26. The number of rotatable bonds is 4. The fourth-order valence-electron chi connectivity index (χ4n) is 3.26. The lowest BCUT2D eigenvalue weighted by molar-refractivity contribution is -0.124. The summed E-state index contributed by atoms with van der Waals surface area (Å²) in [7, 11) is 0. The average Bonchev–Trinajstić information content (AvgIpc) is 3.16. The normalized spacial score (nSPS) is 22.7. The molecule has 1 amide bonds. The molecule has 2 heterocycles. The van der Waals surface area contributed by atoms with Crippen LogP contribution < -0.4 is 15.5 Å². The van der Waals surface area contributed by atoms with Crippen LogP contribution in [0.2, 0.25) is 0 Å². The van der Waals surface area contributed by atoms with Crippen molar-refractivity contribution in [2.24, 2.45) is 0 Å². The van der Waals surface area contributed by atoms with Gasteiger partial charge in [0.05, 0.1) is 18.6 Å². The Labute approximate surface area is 159 Å². The summed E-state index contributed by atoms with van der Waals surface area (Å²) in [6.07, 6.45) is 1.98. The van der Waals surface area contributed by atoms with Gasteiger partial charge in [-0.25, -0.2) is 8.78 Å². The number of nitrogens with zero attached hydrogens (tertiary/aromatic N) is 1. The molecule has 3 rings (SSSR count). The number of nitrogens with one attached hydrogen (secondary N) is 2. The Morgan fingerprint density at radius 3 is 2.60 bits per heavy atom. The van der Waals surface area contributed by atoms with Crippen molar-refractivity contribution >= 4 is 36.4 Å². The van der Waals surface area contributed by atoms with E-state index in [0.717, 1.165) is 24.3 Å². The number of halogens is 4. The van der Waals surface area contributed by atoms with Gasteiger partial charge in [0, 0.05) is 25.2 Å². The summed E-state index contributed by atoms with van der Waals surface area (Å²) in [5, 5.41) is 5.43. The van der Waals surface area contributed by atoms with Gasteiger partial charge in [0.25, 0.3) is 5.92 Å². The topological polar surface area (TPSA) is 44.4 Å². The standard InChI is InChI=1S/C17H23F2N3O.2ClH/c1-12(21-16(23)15-10-17(18,19)11-20-15)13-5-4-6-14(9-13)22-7-2-3-8-22;;/h4-6,9,12,15,20H,2-3,7-8,10-11H2,1H3,(H,21,23);2*1H. The Hall–Kier alpha value is -1.11. The summed E-state index contributed by atoms with van der Waals surface area (Å²) in [4.78, 5) is 14.5. The average molecular weight is 396 g/mol. The summed E-state index contributed by atoms with van der Waals surface area (Å²) in [6, 6.07) is 7.07. The molecule has 2 aliphatic heterocycles. The molecular formula is C17H25Cl2F2N3O. The number of carbonyl (C=O) groups excluding carboxylic acids is 1. The largest absolute Gasteiger partial charge is 0.372 e. The maximum Gasteiger partial charge on any atom is 0.262 e. The SMILES string of the molecule is CC(NC(=O)C1CC(F)(F)CN1)c1cccc(N2CCCC2)c1.Cl.Cl. The van der Waals surface area contributed by atoms with Crippen molar-refractivity contribution in [3.8, 4) is 0 Å². The molecule has 8 heteroatoms. The lowest BCUT2D eigenvalue weighted by Gasteiger charge is -2.21. The van der Waals surface area contributed by atoms with Gasteiger partial charge in [-0.15, -0.1) is 24.8 Å².